The third-order valence-electron chi connectivity index (χ3n) is 6.36. The van der Waals surface area contributed by atoms with Crippen molar-refractivity contribution in [3.63, 3.8) is 0 Å². The summed E-state index contributed by atoms with van der Waals surface area (Å²) in [4.78, 5) is 13.1. The van der Waals surface area contributed by atoms with E-state index in [0.29, 0.717) is 54.3 Å². The van der Waals surface area contributed by atoms with Gasteiger partial charge in [0.2, 0.25) is 10.0 Å². The SMILES string of the molecule is CCOc1nc(Nc2ccc(S(=O)(=O)N3CCOCC3)cc2)c2c(C)cc(-c3ncccc3C(F)(F)F)cc2n1. The number of aryl methyl sites for hydroxylation is 1. The number of hydrogen-bond donors (Lipinski definition) is 1. The van der Waals surface area contributed by atoms with Crippen molar-refractivity contribution < 1.29 is 31.1 Å². The van der Waals surface area contributed by atoms with Gasteiger partial charge < -0.3 is 14.8 Å². The number of morpholine rings is 1. The Morgan fingerprint density at radius 1 is 1.07 bits per heavy atom. The maximum absolute atomic E-state index is 13.7. The monoisotopic (exact) mass is 573 g/mol. The van der Waals surface area contributed by atoms with Crippen molar-refractivity contribution in [3.8, 4) is 17.3 Å². The first kappa shape index (κ1) is 27.7. The van der Waals surface area contributed by atoms with Gasteiger partial charge in [0, 0.05) is 35.9 Å². The molecule has 0 radical (unpaired) electrons. The zero-order valence-electron chi connectivity index (χ0n) is 21.7. The van der Waals surface area contributed by atoms with Crippen LogP contribution in [0, 0.1) is 6.92 Å². The van der Waals surface area contributed by atoms with Crippen LogP contribution < -0.4 is 10.1 Å². The Labute approximate surface area is 229 Å². The molecule has 4 aromatic rings. The van der Waals surface area contributed by atoms with Crippen molar-refractivity contribution in [2.24, 2.45) is 0 Å². The molecule has 3 heterocycles. The van der Waals surface area contributed by atoms with Gasteiger partial charge in [-0.25, -0.2) is 8.42 Å². The number of sulfonamides is 1. The Bertz CT molecular complexity index is 1640. The van der Waals surface area contributed by atoms with E-state index in [1.807, 2.05) is 0 Å². The Hall–Kier alpha value is -3.81. The highest BCUT2D eigenvalue weighted by atomic mass is 32.2. The highest BCUT2D eigenvalue weighted by Gasteiger charge is 2.34. The maximum atomic E-state index is 13.7. The molecule has 9 nitrogen and oxygen atoms in total. The second-order valence-electron chi connectivity index (χ2n) is 9.04. The predicted octanol–water partition coefficient (Wildman–Crippen LogP) is 5.18. The molecule has 1 saturated heterocycles. The minimum atomic E-state index is -4.58. The Kier molecular flexibility index (Phi) is 7.62. The zero-order valence-corrected chi connectivity index (χ0v) is 22.5. The van der Waals surface area contributed by atoms with Crippen LogP contribution >= 0.6 is 0 Å². The van der Waals surface area contributed by atoms with Gasteiger partial charge in [0.25, 0.3) is 0 Å². The van der Waals surface area contributed by atoms with Crippen LogP contribution in [0.5, 0.6) is 6.01 Å². The number of ether oxygens (including phenoxy) is 2. The number of rotatable bonds is 7. The third-order valence-corrected chi connectivity index (χ3v) is 8.27. The third kappa shape index (κ3) is 5.58. The lowest BCUT2D eigenvalue weighted by atomic mass is 10.00. The fourth-order valence-corrected chi connectivity index (χ4v) is 5.92. The first-order chi connectivity index (χ1) is 19.1. The lowest BCUT2D eigenvalue weighted by molar-refractivity contribution is -0.137. The van der Waals surface area contributed by atoms with Gasteiger partial charge >= 0.3 is 12.2 Å². The molecule has 0 saturated carbocycles. The molecule has 40 heavy (non-hydrogen) atoms. The number of fused-ring (bicyclic) bond motifs is 1. The molecule has 1 N–H and O–H groups in total. The smallest absolute Gasteiger partial charge is 0.418 e. The Morgan fingerprint density at radius 2 is 1.80 bits per heavy atom. The topological polar surface area (TPSA) is 107 Å². The summed E-state index contributed by atoms with van der Waals surface area (Å²) in [6.45, 7) is 5.06. The number of halogens is 3. The highest BCUT2D eigenvalue weighted by molar-refractivity contribution is 7.89. The maximum Gasteiger partial charge on any atom is 0.418 e. The average Bonchev–Trinajstić information content (AvgIpc) is 2.93. The minimum Gasteiger partial charge on any atom is -0.464 e. The Morgan fingerprint density at radius 3 is 2.48 bits per heavy atom. The molecule has 5 rings (SSSR count). The van der Waals surface area contributed by atoms with Gasteiger partial charge in [-0.2, -0.15) is 27.4 Å². The largest absolute Gasteiger partial charge is 0.464 e. The first-order valence-corrected chi connectivity index (χ1v) is 13.9. The summed E-state index contributed by atoms with van der Waals surface area (Å²) in [5.74, 6) is 0.360. The van der Waals surface area contributed by atoms with E-state index in [2.05, 4.69) is 20.3 Å². The van der Waals surface area contributed by atoms with E-state index in [1.165, 1.54) is 34.8 Å². The van der Waals surface area contributed by atoms with Crippen LogP contribution in [0.1, 0.15) is 18.1 Å². The molecular formula is C27H26F3N5O4S. The molecule has 0 unspecified atom stereocenters. The Balaban J connectivity index is 1.53. The predicted molar refractivity (Wildman–Crippen MR) is 143 cm³/mol. The number of hydrogen-bond acceptors (Lipinski definition) is 8. The molecular weight excluding hydrogens is 547 g/mol. The van der Waals surface area contributed by atoms with Crippen molar-refractivity contribution >= 4 is 32.4 Å². The van der Waals surface area contributed by atoms with Crippen molar-refractivity contribution in [3.05, 3.63) is 65.9 Å². The minimum absolute atomic E-state index is 0.0395. The lowest BCUT2D eigenvalue weighted by Gasteiger charge is -2.26. The summed E-state index contributed by atoms with van der Waals surface area (Å²) in [5, 5.41) is 3.76. The van der Waals surface area contributed by atoms with Gasteiger partial charge in [0.1, 0.15) is 5.82 Å². The van der Waals surface area contributed by atoms with E-state index < -0.39 is 21.8 Å². The number of nitrogens with one attached hydrogen (secondary N) is 1. The number of alkyl halides is 3. The molecule has 2 aromatic carbocycles. The second kappa shape index (κ2) is 11.0. The quantitative estimate of drug-likeness (QED) is 0.322. The second-order valence-corrected chi connectivity index (χ2v) is 11.0. The number of aromatic nitrogens is 3. The van der Waals surface area contributed by atoms with E-state index in [9.17, 15) is 21.6 Å². The fraction of sp³-hybridized carbons (Fsp3) is 0.296. The zero-order chi connectivity index (χ0) is 28.5. The van der Waals surface area contributed by atoms with E-state index in [0.717, 1.165) is 6.07 Å². The van der Waals surface area contributed by atoms with Crippen LogP contribution in [0.15, 0.2) is 59.6 Å². The number of nitrogens with zero attached hydrogens (tertiary/aromatic N) is 4. The van der Waals surface area contributed by atoms with Gasteiger partial charge in [-0.15, -0.1) is 0 Å². The summed E-state index contributed by atoms with van der Waals surface area (Å²) < 4.78 is 79.2. The standard InChI is InChI=1S/C27H26F3N5O4S/c1-3-39-26-33-22-16-18(24-21(27(28,29)30)5-4-10-31-24)15-17(2)23(22)25(34-26)32-19-6-8-20(9-7-19)40(36,37)35-11-13-38-14-12-35/h4-10,15-16H,3,11-14H2,1-2H3,(H,32,33,34). The molecule has 0 aliphatic carbocycles. The van der Waals surface area contributed by atoms with Crippen molar-refractivity contribution in [1.82, 2.24) is 19.3 Å². The van der Waals surface area contributed by atoms with Crippen LogP contribution in [-0.4, -0.2) is 60.6 Å². The van der Waals surface area contributed by atoms with E-state index in [1.54, 1.807) is 32.0 Å². The van der Waals surface area contributed by atoms with Crippen LogP contribution in [0.25, 0.3) is 22.2 Å². The average molecular weight is 574 g/mol. The van der Waals surface area contributed by atoms with Crippen LogP contribution in [0.4, 0.5) is 24.7 Å². The molecule has 2 aromatic heterocycles. The summed E-state index contributed by atoms with van der Waals surface area (Å²) in [7, 11) is -3.66. The normalized spacial score (nSPS) is 14.8. The van der Waals surface area contributed by atoms with Gasteiger partial charge in [-0.3, -0.25) is 4.98 Å². The molecule has 0 bridgehead atoms. The van der Waals surface area contributed by atoms with E-state index in [-0.39, 0.29) is 28.8 Å². The molecule has 0 amide bonds. The van der Waals surface area contributed by atoms with Gasteiger partial charge in [0.15, 0.2) is 0 Å². The fourth-order valence-electron chi connectivity index (χ4n) is 4.51. The van der Waals surface area contributed by atoms with Gasteiger partial charge in [-0.1, -0.05) is 0 Å². The molecule has 1 aliphatic rings. The molecule has 1 fully saturated rings. The van der Waals surface area contributed by atoms with Crippen LogP contribution in [0.3, 0.4) is 0 Å². The molecule has 0 spiro atoms. The highest BCUT2D eigenvalue weighted by Crippen LogP contribution is 2.38. The number of anilines is 2. The van der Waals surface area contributed by atoms with Gasteiger partial charge in [0.05, 0.1) is 41.5 Å². The summed E-state index contributed by atoms with van der Waals surface area (Å²) >= 11 is 0. The number of benzene rings is 2. The number of pyridine rings is 1. The molecule has 0 atom stereocenters. The lowest BCUT2D eigenvalue weighted by Crippen LogP contribution is -2.40. The molecule has 210 valence electrons. The van der Waals surface area contributed by atoms with Crippen molar-refractivity contribution in [2.75, 3.05) is 38.2 Å². The van der Waals surface area contributed by atoms with Crippen LogP contribution in [0.2, 0.25) is 0 Å². The summed E-state index contributed by atoms with van der Waals surface area (Å²) in [6, 6.07) is 11.6. The van der Waals surface area contributed by atoms with Crippen LogP contribution in [-0.2, 0) is 20.9 Å². The van der Waals surface area contributed by atoms with Crippen molar-refractivity contribution in [2.45, 2.75) is 24.9 Å². The van der Waals surface area contributed by atoms with Gasteiger partial charge in [-0.05, 0) is 67.9 Å². The van der Waals surface area contributed by atoms with E-state index in [4.69, 9.17) is 9.47 Å². The summed E-state index contributed by atoms with van der Waals surface area (Å²) in [5.41, 5.74) is 0.727. The van der Waals surface area contributed by atoms with Crippen molar-refractivity contribution in [1.29, 1.82) is 0 Å². The summed E-state index contributed by atoms with van der Waals surface area (Å²) in [6.07, 6.45) is -3.27. The van der Waals surface area contributed by atoms with E-state index >= 15 is 0 Å². The first-order valence-electron chi connectivity index (χ1n) is 12.5. The molecule has 13 heteroatoms. The molecule has 1 aliphatic heterocycles.